The number of hydrogen-bond acceptors (Lipinski definition) is 4. The lowest BCUT2D eigenvalue weighted by molar-refractivity contribution is 0.824. The number of aromatic amines is 1. The minimum Gasteiger partial charge on any atom is -0.242 e. The highest BCUT2D eigenvalue weighted by Crippen LogP contribution is 1.64. The predicted octanol–water partition coefficient (Wildman–Crippen LogP) is -1.34. The molecule has 0 saturated carbocycles. The van der Waals surface area contributed by atoms with Gasteiger partial charge in [0.15, 0.2) is 0 Å². The van der Waals surface area contributed by atoms with E-state index in [0.29, 0.717) is 0 Å². The predicted molar refractivity (Wildman–Crippen MR) is 25.0 cm³/mol. The second-order valence-electron chi connectivity index (χ2n) is 0.896. The topological polar surface area (TPSA) is 63.6 Å². The average molecular weight is 118 g/mol. The fraction of sp³-hybridized carbons (Fsp3) is 0. The normalized spacial score (nSPS) is 9.29. The molecule has 1 aromatic heterocycles. The second kappa shape index (κ2) is 1.38. The molecule has 1 heterocycles. The van der Waals surface area contributed by atoms with Crippen LogP contribution in [0.1, 0.15) is 0 Å². The molecule has 0 aliphatic rings. The standard InChI is InChI=1S/CH2N4OS/c6-1-2-4-5(7)3-1/h7H,(H,3,6). The summed E-state index contributed by atoms with van der Waals surface area (Å²) in [4.78, 5) is 9.99. The Hall–Kier alpha value is -0.780. The molecular formula is CH2N4OS. The van der Waals surface area contributed by atoms with Crippen LogP contribution >= 0.6 is 12.8 Å². The molecule has 0 bridgehead atoms. The molecule has 6 heteroatoms. The van der Waals surface area contributed by atoms with Crippen molar-refractivity contribution in [2.24, 2.45) is 0 Å². The molecule has 0 saturated heterocycles. The Morgan fingerprint density at radius 3 is 2.71 bits per heavy atom. The van der Waals surface area contributed by atoms with Gasteiger partial charge in [-0.25, -0.2) is 9.89 Å². The van der Waals surface area contributed by atoms with Crippen molar-refractivity contribution in [2.45, 2.75) is 0 Å². The largest absolute Gasteiger partial charge is 0.381 e. The highest BCUT2D eigenvalue weighted by molar-refractivity contribution is 7.78. The fourth-order valence-corrected chi connectivity index (χ4v) is 0.339. The minimum atomic E-state index is -0.491. The zero-order valence-electron chi connectivity index (χ0n) is 3.20. The third-order valence-electron chi connectivity index (χ3n) is 0.416. The number of rotatable bonds is 0. The van der Waals surface area contributed by atoms with Gasteiger partial charge in [-0.2, -0.15) is 0 Å². The molecule has 0 aromatic carbocycles. The average Bonchev–Trinajstić information content (AvgIpc) is 1.87. The molecule has 0 aliphatic carbocycles. The van der Waals surface area contributed by atoms with Gasteiger partial charge in [0.25, 0.3) is 0 Å². The van der Waals surface area contributed by atoms with E-state index in [0.717, 1.165) is 4.20 Å². The highest BCUT2D eigenvalue weighted by Gasteiger charge is 1.82. The molecule has 5 nitrogen and oxygen atoms in total. The maximum absolute atomic E-state index is 9.99. The minimum absolute atomic E-state index is 0.491. The Labute approximate surface area is 43.9 Å². The van der Waals surface area contributed by atoms with Crippen LogP contribution in [0, 0.1) is 0 Å². The van der Waals surface area contributed by atoms with E-state index in [1.165, 1.54) is 0 Å². The molecule has 0 spiro atoms. The van der Waals surface area contributed by atoms with Crippen molar-refractivity contribution in [2.75, 3.05) is 0 Å². The van der Waals surface area contributed by atoms with Gasteiger partial charge in [0, 0.05) is 0 Å². The van der Waals surface area contributed by atoms with Crippen LogP contribution in [-0.4, -0.2) is 19.6 Å². The van der Waals surface area contributed by atoms with Crippen LogP contribution in [0.5, 0.6) is 0 Å². The molecule has 38 valence electrons. The lowest BCUT2D eigenvalue weighted by Crippen LogP contribution is -2.01. The van der Waals surface area contributed by atoms with Crippen LogP contribution in [-0.2, 0) is 0 Å². The van der Waals surface area contributed by atoms with Crippen LogP contribution < -0.4 is 5.69 Å². The van der Waals surface area contributed by atoms with E-state index in [1.54, 1.807) is 0 Å². The number of aromatic nitrogens is 4. The van der Waals surface area contributed by atoms with Gasteiger partial charge in [-0.15, -0.1) is 4.20 Å². The van der Waals surface area contributed by atoms with E-state index >= 15 is 0 Å². The summed E-state index contributed by atoms with van der Waals surface area (Å²) >= 11 is 3.59. The number of nitrogens with zero attached hydrogens (tertiary/aromatic N) is 3. The molecule has 0 fully saturated rings. The summed E-state index contributed by atoms with van der Waals surface area (Å²) in [5.41, 5.74) is -0.491. The molecule has 1 aromatic rings. The highest BCUT2D eigenvalue weighted by atomic mass is 32.1. The van der Waals surface area contributed by atoms with E-state index in [1.807, 2.05) is 0 Å². The van der Waals surface area contributed by atoms with E-state index < -0.39 is 5.69 Å². The monoisotopic (exact) mass is 118 g/mol. The first-order valence-electron chi connectivity index (χ1n) is 1.50. The van der Waals surface area contributed by atoms with Gasteiger partial charge in [0.1, 0.15) is 0 Å². The molecular weight excluding hydrogens is 116 g/mol. The van der Waals surface area contributed by atoms with Crippen molar-refractivity contribution in [3.05, 3.63) is 10.5 Å². The third kappa shape index (κ3) is 0.801. The van der Waals surface area contributed by atoms with Crippen molar-refractivity contribution in [1.29, 1.82) is 0 Å². The van der Waals surface area contributed by atoms with Crippen LogP contribution in [0.25, 0.3) is 0 Å². The van der Waals surface area contributed by atoms with Gasteiger partial charge in [-0.3, -0.25) is 0 Å². The first-order chi connectivity index (χ1) is 3.29. The van der Waals surface area contributed by atoms with Crippen molar-refractivity contribution < 1.29 is 0 Å². The Balaban J connectivity index is 3.30. The zero-order valence-corrected chi connectivity index (χ0v) is 4.09. The molecule has 0 unspecified atom stereocenters. The smallest absolute Gasteiger partial charge is 0.242 e. The SMILES string of the molecule is O=c1nnn(S)[nH]1. The maximum atomic E-state index is 9.99. The molecule has 1 N–H and O–H groups in total. The Kier molecular flexibility index (Phi) is 0.861. The van der Waals surface area contributed by atoms with Gasteiger partial charge < -0.3 is 0 Å². The first kappa shape index (κ1) is 4.38. The van der Waals surface area contributed by atoms with E-state index in [4.69, 9.17) is 0 Å². The molecule has 0 atom stereocenters. The van der Waals surface area contributed by atoms with Crippen molar-refractivity contribution in [3.63, 3.8) is 0 Å². The summed E-state index contributed by atoms with van der Waals surface area (Å²) in [6.07, 6.45) is 0. The van der Waals surface area contributed by atoms with Crippen molar-refractivity contribution >= 4 is 12.8 Å². The van der Waals surface area contributed by atoms with Crippen molar-refractivity contribution in [3.8, 4) is 0 Å². The maximum Gasteiger partial charge on any atom is 0.381 e. The third-order valence-corrected chi connectivity index (χ3v) is 0.596. The summed E-state index contributed by atoms with van der Waals surface area (Å²) < 4.78 is 0.933. The Morgan fingerprint density at radius 1 is 1.86 bits per heavy atom. The van der Waals surface area contributed by atoms with Gasteiger partial charge in [0.05, 0.1) is 0 Å². The lowest BCUT2D eigenvalue weighted by Gasteiger charge is -1.72. The van der Waals surface area contributed by atoms with Crippen LogP contribution in [0.4, 0.5) is 0 Å². The number of H-pyrrole nitrogens is 1. The molecule has 0 aliphatic heterocycles. The van der Waals surface area contributed by atoms with Crippen LogP contribution in [0.15, 0.2) is 4.79 Å². The quantitative estimate of drug-likeness (QED) is 0.414. The summed E-state index contributed by atoms with van der Waals surface area (Å²) in [6.45, 7) is 0. The van der Waals surface area contributed by atoms with Crippen molar-refractivity contribution in [1.82, 2.24) is 19.6 Å². The van der Waals surface area contributed by atoms with Gasteiger partial charge in [-0.1, -0.05) is 5.10 Å². The summed E-state index contributed by atoms with van der Waals surface area (Å²) in [5.74, 6) is 0. The first-order valence-corrected chi connectivity index (χ1v) is 1.90. The van der Waals surface area contributed by atoms with Gasteiger partial charge in [-0.05, 0) is 18.0 Å². The number of hydrogen-bond donors (Lipinski definition) is 2. The fourth-order valence-electron chi connectivity index (χ4n) is 0.213. The Bertz CT molecular complexity index is 199. The summed E-state index contributed by atoms with van der Waals surface area (Å²) in [5, 5.41) is 8.36. The summed E-state index contributed by atoms with van der Waals surface area (Å²) in [6, 6.07) is 0. The molecule has 0 radical (unpaired) electrons. The molecule has 7 heavy (non-hydrogen) atoms. The second-order valence-corrected chi connectivity index (χ2v) is 1.27. The van der Waals surface area contributed by atoms with E-state index in [2.05, 4.69) is 28.2 Å². The van der Waals surface area contributed by atoms with E-state index in [9.17, 15) is 4.79 Å². The molecule has 1 rings (SSSR count). The lowest BCUT2D eigenvalue weighted by atomic mass is 11.4. The van der Waals surface area contributed by atoms with Crippen LogP contribution in [0.2, 0.25) is 0 Å². The number of tetrazole rings is 1. The Morgan fingerprint density at radius 2 is 2.57 bits per heavy atom. The van der Waals surface area contributed by atoms with E-state index in [-0.39, 0.29) is 0 Å². The van der Waals surface area contributed by atoms with Gasteiger partial charge >= 0.3 is 5.69 Å². The van der Waals surface area contributed by atoms with Gasteiger partial charge in [0.2, 0.25) is 0 Å². The zero-order chi connectivity index (χ0) is 5.28. The summed E-state index contributed by atoms with van der Waals surface area (Å²) in [7, 11) is 0. The number of nitrogens with one attached hydrogen (secondary N) is 1. The van der Waals surface area contributed by atoms with Crippen LogP contribution in [0.3, 0.4) is 0 Å². The number of thiol groups is 1. The molecule has 0 amide bonds.